The minimum atomic E-state index is -0.871. The van der Waals surface area contributed by atoms with Crippen LogP contribution < -0.4 is 14.2 Å². The van der Waals surface area contributed by atoms with Gasteiger partial charge in [0.05, 0.1) is 26.0 Å². The zero-order valence-electron chi connectivity index (χ0n) is 18.5. The number of ketones is 1. The van der Waals surface area contributed by atoms with Crippen LogP contribution in [0.2, 0.25) is 5.02 Å². The van der Waals surface area contributed by atoms with Crippen LogP contribution in [0, 0.1) is 6.92 Å². The molecule has 7 heteroatoms. The number of ether oxygens (including phenoxy) is 3. The van der Waals surface area contributed by atoms with E-state index in [-0.39, 0.29) is 11.8 Å². The Morgan fingerprint density at radius 2 is 1.79 bits per heavy atom. The second kappa shape index (κ2) is 8.45. The van der Waals surface area contributed by atoms with Crippen LogP contribution in [0.5, 0.6) is 17.2 Å². The summed E-state index contributed by atoms with van der Waals surface area (Å²) < 4.78 is 17.0. The standard InChI is InChI=1S/C26H23ClN2O4/c1-15-4-6-16(7-5-15)25(30)26-29-21(19-13-18(27)9-11-22(19)33-26)14-20(28-29)17-8-10-23(31-2)24(12-17)32-3/h4-13,21,26H,14H2,1-3H3. The molecule has 0 saturated heterocycles. The molecule has 0 N–H and O–H groups in total. The number of aryl methyl sites for hydroxylation is 1. The van der Waals surface area contributed by atoms with E-state index in [2.05, 4.69) is 0 Å². The molecule has 33 heavy (non-hydrogen) atoms. The maximum Gasteiger partial charge on any atom is 0.251 e. The molecule has 2 unspecified atom stereocenters. The van der Waals surface area contributed by atoms with Gasteiger partial charge in [-0.1, -0.05) is 41.4 Å². The van der Waals surface area contributed by atoms with Crippen LogP contribution in [0.4, 0.5) is 0 Å². The van der Waals surface area contributed by atoms with Gasteiger partial charge in [0.2, 0.25) is 5.78 Å². The molecule has 168 valence electrons. The Morgan fingerprint density at radius 3 is 2.52 bits per heavy atom. The summed E-state index contributed by atoms with van der Waals surface area (Å²) in [6, 6.07) is 18.5. The molecule has 3 aromatic rings. The summed E-state index contributed by atoms with van der Waals surface area (Å²) in [4.78, 5) is 13.5. The molecule has 0 amide bonds. The second-order valence-electron chi connectivity index (χ2n) is 8.10. The minimum absolute atomic E-state index is 0.141. The zero-order valence-corrected chi connectivity index (χ0v) is 19.3. The number of fused-ring (bicyclic) bond motifs is 3. The molecule has 0 aliphatic carbocycles. The van der Waals surface area contributed by atoms with Gasteiger partial charge < -0.3 is 14.2 Å². The van der Waals surface area contributed by atoms with E-state index in [1.165, 1.54) is 0 Å². The van der Waals surface area contributed by atoms with Crippen LogP contribution in [-0.4, -0.2) is 37.0 Å². The quantitative estimate of drug-likeness (QED) is 0.474. The predicted octanol–water partition coefficient (Wildman–Crippen LogP) is 5.42. The molecule has 0 saturated carbocycles. The highest BCUT2D eigenvalue weighted by Crippen LogP contribution is 2.45. The Balaban J connectivity index is 1.56. The third-order valence-electron chi connectivity index (χ3n) is 6.03. The van der Waals surface area contributed by atoms with Gasteiger partial charge in [-0.2, -0.15) is 5.10 Å². The van der Waals surface area contributed by atoms with Crippen molar-refractivity contribution in [1.82, 2.24) is 5.01 Å². The Hall–Kier alpha value is -3.51. The number of rotatable bonds is 5. The number of benzene rings is 3. The van der Waals surface area contributed by atoms with Crippen molar-refractivity contribution < 1.29 is 19.0 Å². The normalized spacial score (nSPS) is 18.7. The maximum absolute atomic E-state index is 13.5. The lowest BCUT2D eigenvalue weighted by Gasteiger charge is -2.37. The molecule has 0 bridgehead atoms. The average molecular weight is 463 g/mol. The van der Waals surface area contributed by atoms with Gasteiger partial charge in [-0.05, 0) is 43.3 Å². The van der Waals surface area contributed by atoms with E-state index >= 15 is 0 Å². The second-order valence-corrected chi connectivity index (χ2v) is 8.54. The van der Waals surface area contributed by atoms with E-state index < -0.39 is 6.23 Å². The highest BCUT2D eigenvalue weighted by molar-refractivity contribution is 6.30. The van der Waals surface area contributed by atoms with Crippen LogP contribution in [0.25, 0.3) is 0 Å². The molecule has 0 fully saturated rings. The Labute approximate surface area is 197 Å². The van der Waals surface area contributed by atoms with Crippen molar-refractivity contribution in [2.24, 2.45) is 5.10 Å². The van der Waals surface area contributed by atoms with Gasteiger partial charge in [0.25, 0.3) is 6.23 Å². The van der Waals surface area contributed by atoms with Crippen LogP contribution >= 0.6 is 11.6 Å². The number of nitrogens with zero attached hydrogens (tertiary/aromatic N) is 2. The van der Waals surface area contributed by atoms with Crippen molar-refractivity contribution in [1.29, 1.82) is 0 Å². The van der Waals surface area contributed by atoms with Gasteiger partial charge in [0, 0.05) is 28.1 Å². The van der Waals surface area contributed by atoms with E-state index in [1.54, 1.807) is 25.3 Å². The lowest BCUT2D eigenvalue weighted by Crippen LogP contribution is -2.45. The number of hydrogen-bond donors (Lipinski definition) is 0. The molecule has 2 atom stereocenters. The molecule has 0 radical (unpaired) electrons. The lowest BCUT2D eigenvalue weighted by atomic mass is 9.95. The van der Waals surface area contributed by atoms with Crippen molar-refractivity contribution in [2.45, 2.75) is 25.6 Å². The van der Waals surface area contributed by atoms with E-state index in [0.717, 1.165) is 22.4 Å². The first kappa shape index (κ1) is 21.3. The summed E-state index contributed by atoms with van der Waals surface area (Å²) in [6.45, 7) is 1.99. The summed E-state index contributed by atoms with van der Waals surface area (Å²) in [5, 5.41) is 7.22. The molecular formula is C26H23ClN2O4. The number of carbonyl (C=O) groups is 1. The Bertz CT molecular complexity index is 1260. The molecule has 6 nitrogen and oxygen atoms in total. The van der Waals surface area contributed by atoms with E-state index in [0.29, 0.717) is 34.3 Å². The summed E-state index contributed by atoms with van der Waals surface area (Å²) in [6.07, 6.45) is -0.270. The average Bonchev–Trinajstić information content (AvgIpc) is 3.29. The maximum atomic E-state index is 13.5. The summed E-state index contributed by atoms with van der Waals surface area (Å²) >= 11 is 6.29. The van der Waals surface area contributed by atoms with Gasteiger partial charge in [-0.3, -0.25) is 4.79 Å². The number of hydrazone groups is 1. The van der Waals surface area contributed by atoms with Gasteiger partial charge >= 0.3 is 0 Å². The minimum Gasteiger partial charge on any atom is -0.493 e. The zero-order chi connectivity index (χ0) is 23.1. The molecular weight excluding hydrogens is 440 g/mol. The summed E-state index contributed by atoms with van der Waals surface area (Å²) in [5.41, 5.74) is 4.31. The van der Waals surface area contributed by atoms with Crippen molar-refractivity contribution in [3.63, 3.8) is 0 Å². The number of hydrogen-bond acceptors (Lipinski definition) is 6. The first-order chi connectivity index (χ1) is 16.0. The number of halogens is 1. The van der Waals surface area contributed by atoms with Crippen LogP contribution in [-0.2, 0) is 0 Å². The third kappa shape index (κ3) is 3.80. The Kier molecular flexibility index (Phi) is 5.46. The fourth-order valence-corrected chi connectivity index (χ4v) is 4.46. The number of methoxy groups -OCH3 is 2. The van der Waals surface area contributed by atoms with Crippen molar-refractivity contribution in [2.75, 3.05) is 14.2 Å². The van der Waals surface area contributed by atoms with Gasteiger partial charge in [0.15, 0.2) is 11.5 Å². The molecule has 3 aromatic carbocycles. The van der Waals surface area contributed by atoms with E-state index in [4.69, 9.17) is 30.9 Å². The topological polar surface area (TPSA) is 60.4 Å². The fourth-order valence-electron chi connectivity index (χ4n) is 4.28. The SMILES string of the molecule is COc1ccc(C2=NN3C(C(=O)c4ccc(C)cc4)Oc4ccc(Cl)cc4C3C2)cc1OC. The van der Waals surface area contributed by atoms with Crippen molar-refractivity contribution in [3.8, 4) is 17.2 Å². The molecule has 2 aliphatic heterocycles. The first-order valence-electron chi connectivity index (χ1n) is 10.6. The molecule has 2 aliphatic rings. The third-order valence-corrected chi connectivity index (χ3v) is 6.26. The van der Waals surface area contributed by atoms with Crippen molar-refractivity contribution >= 4 is 23.1 Å². The number of carbonyl (C=O) groups excluding carboxylic acids is 1. The van der Waals surface area contributed by atoms with Crippen LogP contribution in [0.15, 0.2) is 65.8 Å². The summed E-state index contributed by atoms with van der Waals surface area (Å²) in [7, 11) is 3.20. The van der Waals surface area contributed by atoms with Gasteiger partial charge in [-0.15, -0.1) is 0 Å². The highest BCUT2D eigenvalue weighted by atomic mass is 35.5. The molecule has 2 heterocycles. The smallest absolute Gasteiger partial charge is 0.251 e. The van der Waals surface area contributed by atoms with Crippen molar-refractivity contribution in [3.05, 3.63) is 87.9 Å². The summed E-state index contributed by atoms with van der Waals surface area (Å²) in [5.74, 6) is 1.77. The lowest BCUT2D eigenvalue weighted by molar-refractivity contribution is -0.00455. The predicted molar refractivity (Wildman–Crippen MR) is 127 cm³/mol. The molecule has 0 aromatic heterocycles. The Morgan fingerprint density at radius 1 is 1.03 bits per heavy atom. The highest BCUT2D eigenvalue weighted by Gasteiger charge is 2.43. The van der Waals surface area contributed by atoms with Gasteiger partial charge in [-0.25, -0.2) is 5.01 Å². The molecule has 5 rings (SSSR count). The van der Waals surface area contributed by atoms with E-state index in [9.17, 15) is 4.79 Å². The van der Waals surface area contributed by atoms with E-state index in [1.807, 2.05) is 61.5 Å². The fraction of sp³-hybridized carbons (Fsp3) is 0.231. The number of Topliss-reactive ketones (excluding diaryl/α,β-unsaturated/α-hetero) is 1. The largest absolute Gasteiger partial charge is 0.493 e. The van der Waals surface area contributed by atoms with Crippen LogP contribution in [0.1, 0.15) is 39.5 Å². The van der Waals surface area contributed by atoms with Gasteiger partial charge in [0.1, 0.15) is 5.75 Å². The first-order valence-corrected chi connectivity index (χ1v) is 11.0. The van der Waals surface area contributed by atoms with Crippen LogP contribution in [0.3, 0.4) is 0 Å². The monoisotopic (exact) mass is 462 g/mol. The molecule has 0 spiro atoms.